The quantitative estimate of drug-likeness (QED) is 0.331. The van der Waals surface area contributed by atoms with Gasteiger partial charge in [0, 0.05) is 30.4 Å². The van der Waals surface area contributed by atoms with E-state index >= 15 is 0 Å². The number of hydrogen-bond donors (Lipinski definition) is 2. The first-order valence-electron chi connectivity index (χ1n) is 11.3. The molecule has 14 heteroatoms. The second-order valence-corrected chi connectivity index (χ2v) is 8.97. The van der Waals surface area contributed by atoms with E-state index in [1.807, 2.05) is 0 Å². The molecule has 2 aromatic carbocycles. The Bertz CT molecular complexity index is 1990. The molecule has 196 valence electrons. The predicted octanol–water partition coefficient (Wildman–Crippen LogP) is 2.62. The highest BCUT2D eigenvalue weighted by molar-refractivity contribution is 6.34. The SMILES string of the molecule is Cn1cc2cc(Nc3nc(=O)n(Cc4ccc[nH]c4=O)c(=O)n3Cc3cc(F)c(F)c(C#N)c3)c(Cl)cc2n1. The molecule has 0 aliphatic rings. The molecule has 0 aliphatic carbocycles. The average Bonchev–Trinajstić information content (AvgIpc) is 3.25. The maximum absolute atomic E-state index is 14.2. The van der Waals surface area contributed by atoms with E-state index in [4.69, 9.17) is 11.6 Å². The molecule has 2 N–H and O–H groups in total. The minimum Gasteiger partial charge on any atom is -0.329 e. The molecule has 5 aromatic rings. The van der Waals surface area contributed by atoms with Crippen molar-refractivity contribution in [1.82, 2.24) is 28.9 Å². The number of nitriles is 1. The number of rotatable bonds is 6. The highest BCUT2D eigenvalue weighted by Crippen LogP contribution is 2.29. The second-order valence-electron chi connectivity index (χ2n) is 8.57. The normalized spacial score (nSPS) is 11.1. The largest absolute Gasteiger partial charge is 0.355 e. The van der Waals surface area contributed by atoms with Crippen molar-refractivity contribution in [1.29, 1.82) is 5.26 Å². The minimum atomic E-state index is -1.32. The van der Waals surface area contributed by atoms with Crippen molar-refractivity contribution in [3.05, 3.63) is 113 Å². The van der Waals surface area contributed by atoms with Crippen LogP contribution in [0.25, 0.3) is 10.9 Å². The van der Waals surface area contributed by atoms with Crippen LogP contribution in [0, 0.1) is 23.0 Å². The standard InChI is InChI=1S/C25H17ClF2N8O3/c1-34-11-16-7-20(17(26)8-19(16)33-34)31-23-32-24(38)36(12-14-3-2-4-30-22(14)37)25(39)35(23)10-13-5-15(9-29)21(28)18(27)6-13/h2-8,11H,10,12H2,1H3,(H,30,37)(H,31,32,38). The summed E-state index contributed by atoms with van der Waals surface area (Å²) >= 11 is 6.41. The summed E-state index contributed by atoms with van der Waals surface area (Å²) in [7, 11) is 1.73. The van der Waals surface area contributed by atoms with Crippen LogP contribution in [0.2, 0.25) is 5.02 Å². The summed E-state index contributed by atoms with van der Waals surface area (Å²) < 4.78 is 31.4. The molecule has 0 fully saturated rings. The Morgan fingerprint density at radius 1 is 1.13 bits per heavy atom. The highest BCUT2D eigenvalue weighted by Gasteiger charge is 2.19. The van der Waals surface area contributed by atoms with Crippen LogP contribution in [-0.2, 0) is 20.1 Å². The van der Waals surface area contributed by atoms with Gasteiger partial charge < -0.3 is 10.3 Å². The van der Waals surface area contributed by atoms with Crippen molar-refractivity contribution in [3.63, 3.8) is 0 Å². The number of H-pyrrole nitrogens is 1. The Labute approximate surface area is 222 Å². The molecular formula is C25H17ClF2N8O3. The second kappa shape index (κ2) is 9.99. The van der Waals surface area contributed by atoms with Gasteiger partial charge in [0.05, 0.1) is 34.9 Å². The number of pyridine rings is 1. The summed E-state index contributed by atoms with van der Waals surface area (Å²) in [5.41, 5.74) is -1.87. The maximum atomic E-state index is 14.2. The van der Waals surface area contributed by atoms with Crippen LogP contribution >= 0.6 is 11.6 Å². The fourth-order valence-electron chi connectivity index (χ4n) is 4.04. The van der Waals surface area contributed by atoms with E-state index < -0.39 is 47.2 Å². The third-order valence-corrected chi connectivity index (χ3v) is 6.19. The van der Waals surface area contributed by atoms with E-state index in [1.165, 1.54) is 18.3 Å². The van der Waals surface area contributed by atoms with Gasteiger partial charge in [0.1, 0.15) is 6.07 Å². The molecule has 0 saturated heterocycles. The van der Waals surface area contributed by atoms with E-state index in [9.17, 15) is 28.4 Å². The first-order chi connectivity index (χ1) is 18.6. The van der Waals surface area contributed by atoms with Gasteiger partial charge >= 0.3 is 11.4 Å². The Kier molecular flexibility index (Phi) is 6.55. The van der Waals surface area contributed by atoms with E-state index in [0.717, 1.165) is 21.3 Å². The molecule has 0 aliphatic heterocycles. The molecule has 0 atom stereocenters. The zero-order valence-corrected chi connectivity index (χ0v) is 20.8. The number of aromatic nitrogens is 6. The molecule has 0 spiro atoms. The Morgan fingerprint density at radius 2 is 1.92 bits per heavy atom. The van der Waals surface area contributed by atoms with E-state index in [2.05, 4.69) is 20.4 Å². The van der Waals surface area contributed by atoms with Crippen molar-refractivity contribution >= 4 is 34.1 Å². The molecule has 3 aromatic heterocycles. The Balaban J connectivity index is 1.66. The lowest BCUT2D eigenvalue weighted by atomic mass is 10.1. The zero-order valence-electron chi connectivity index (χ0n) is 20.1. The Hall–Kier alpha value is -5.09. The van der Waals surface area contributed by atoms with Gasteiger partial charge in [-0.05, 0) is 35.9 Å². The number of benzene rings is 2. The topological polar surface area (TPSA) is 143 Å². The summed E-state index contributed by atoms with van der Waals surface area (Å²) in [5, 5.41) is 17.2. The number of hydrogen-bond acceptors (Lipinski definition) is 7. The minimum absolute atomic E-state index is 0.0500. The number of halogens is 3. The first-order valence-corrected chi connectivity index (χ1v) is 11.7. The van der Waals surface area contributed by atoms with E-state index in [0.29, 0.717) is 10.9 Å². The lowest BCUT2D eigenvalue weighted by Gasteiger charge is -2.16. The molecule has 11 nitrogen and oxygen atoms in total. The molecule has 0 saturated carbocycles. The lowest BCUT2D eigenvalue weighted by Crippen LogP contribution is -2.43. The first kappa shape index (κ1) is 25.6. The van der Waals surface area contributed by atoms with Crippen LogP contribution in [0.5, 0.6) is 0 Å². The number of nitrogens with zero attached hydrogens (tertiary/aromatic N) is 6. The van der Waals surface area contributed by atoms with Gasteiger partial charge in [0.2, 0.25) is 5.95 Å². The van der Waals surface area contributed by atoms with Crippen molar-refractivity contribution in [2.45, 2.75) is 13.1 Å². The highest BCUT2D eigenvalue weighted by atomic mass is 35.5. The number of fused-ring (bicyclic) bond motifs is 1. The van der Waals surface area contributed by atoms with Crippen molar-refractivity contribution in [3.8, 4) is 6.07 Å². The molecule has 39 heavy (non-hydrogen) atoms. The van der Waals surface area contributed by atoms with Gasteiger partial charge in [0.15, 0.2) is 11.6 Å². The molecule has 0 amide bonds. The van der Waals surface area contributed by atoms with Crippen LogP contribution in [0.4, 0.5) is 20.4 Å². The molecule has 5 rings (SSSR count). The zero-order chi connectivity index (χ0) is 27.8. The number of nitrogens with one attached hydrogen (secondary N) is 2. The lowest BCUT2D eigenvalue weighted by molar-refractivity contribution is 0.503. The molecule has 0 radical (unpaired) electrons. The van der Waals surface area contributed by atoms with Gasteiger partial charge in [-0.15, -0.1) is 0 Å². The van der Waals surface area contributed by atoms with Crippen LogP contribution in [0.15, 0.2) is 63.2 Å². The Morgan fingerprint density at radius 3 is 2.67 bits per heavy atom. The van der Waals surface area contributed by atoms with Crippen LogP contribution in [0.1, 0.15) is 16.7 Å². The number of anilines is 2. The summed E-state index contributed by atoms with van der Waals surface area (Å²) in [6, 6.07) is 9.68. The summed E-state index contributed by atoms with van der Waals surface area (Å²) in [6.07, 6.45) is 3.13. The maximum Gasteiger partial charge on any atom is 0.355 e. The molecule has 0 bridgehead atoms. The third kappa shape index (κ3) is 4.92. The average molecular weight is 551 g/mol. The van der Waals surface area contributed by atoms with Crippen molar-refractivity contribution in [2.24, 2.45) is 7.05 Å². The predicted molar refractivity (Wildman–Crippen MR) is 138 cm³/mol. The number of aromatic amines is 1. The van der Waals surface area contributed by atoms with Crippen molar-refractivity contribution < 1.29 is 8.78 Å². The van der Waals surface area contributed by atoms with Gasteiger partial charge in [0.25, 0.3) is 5.56 Å². The fourth-order valence-corrected chi connectivity index (χ4v) is 4.25. The van der Waals surface area contributed by atoms with Crippen LogP contribution in [-0.4, -0.2) is 28.9 Å². The van der Waals surface area contributed by atoms with Gasteiger partial charge in [-0.25, -0.2) is 22.9 Å². The molecule has 3 heterocycles. The smallest absolute Gasteiger partial charge is 0.329 e. The van der Waals surface area contributed by atoms with E-state index in [-0.39, 0.29) is 27.8 Å². The van der Waals surface area contributed by atoms with Crippen LogP contribution in [0.3, 0.4) is 0 Å². The summed E-state index contributed by atoms with van der Waals surface area (Å²) in [5.74, 6) is -2.86. The van der Waals surface area contributed by atoms with Gasteiger partial charge in [-0.3, -0.25) is 14.0 Å². The van der Waals surface area contributed by atoms with E-state index in [1.54, 1.807) is 36.1 Å². The third-order valence-electron chi connectivity index (χ3n) is 5.88. The number of aryl methyl sites for hydroxylation is 1. The molecule has 0 unspecified atom stereocenters. The summed E-state index contributed by atoms with van der Waals surface area (Å²) in [6.45, 7) is -0.803. The van der Waals surface area contributed by atoms with Crippen molar-refractivity contribution in [2.75, 3.05) is 5.32 Å². The van der Waals surface area contributed by atoms with Crippen LogP contribution < -0.4 is 22.3 Å². The monoisotopic (exact) mass is 550 g/mol. The van der Waals surface area contributed by atoms with Gasteiger partial charge in [-0.2, -0.15) is 15.3 Å². The van der Waals surface area contributed by atoms with Gasteiger partial charge in [-0.1, -0.05) is 17.7 Å². The summed E-state index contributed by atoms with van der Waals surface area (Å²) in [4.78, 5) is 45.2. The molecular weight excluding hydrogens is 534 g/mol. The fraction of sp³-hybridized carbons (Fsp3) is 0.120.